The third kappa shape index (κ3) is 3.58. The van der Waals surface area contributed by atoms with E-state index in [0.717, 1.165) is 16.7 Å². The fourth-order valence-corrected chi connectivity index (χ4v) is 4.15. The van der Waals surface area contributed by atoms with Crippen LogP contribution in [0.2, 0.25) is 5.02 Å². The van der Waals surface area contributed by atoms with Crippen molar-refractivity contribution in [3.63, 3.8) is 0 Å². The highest BCUT2D eigenvalue weighted by Crippen LogP contribution is 2.45. The number of carbonyl (C=O) groups excluding carboxylic acids is 1. The molecule has 2 heterocycles. The minimum absolute atomic E-state index is 0.0400. The van der Waals surface area contributed by atoms with Gasteiger partial charge >= 0.3 is 0 Å². The van der Waals surface area contributed by atoms with E-state index >= 15 is 0 Å². The van der Waals surface area contributed by atoms with Crippen LogP contribution < -0.4 is 14.8 Å². The van der Waals surface area contributed by atoms with E-state index in [9.17, 15) is 9.18 Å². The van der Waals surface area contributed by atoms with Crippen LogP contribution in [0.5, 0.6) is 11.5 Å². The summed E-state index contributed by atoms with van der Waals surface area (Å²) in [6.45, 7) is 0. The zero-order valence-corrected chi connectivity index (χ0v) is 18.5. The Morgan fingerprint density at radius 2 is 1.91 bits per heavy atom. The van der Waals surface area contributed by atoms with Gasteiger partial charge in [0.05, 0.1) is 30.6 Å². The number of nitrogens with one attached hydrogen (secondary N) is 1. The van der Waals surface area contributed by atoms with Crippen molar-refractivity contribution in [3.8, 4) is 28.4 Å². The van der Waals surface area contributed by atoms with Crippen molar-refractivity contribution >= 4 is 23.3 Å². The highest BCUT2D eigenvalue weighted by atomic mass is 35.5. The first-order valence-electron chi connectivity index (χ1n) is 10.0. The quantitative estimate of drug-likeness (QED) is 0.400. The molecule has 4 aromatic rings. The number of hydrogen-bond donors (Lipinski definition) is 1. The van der Waals surface area contributed by atoms with Gasteiger partial charge in [0.1, 0.15) is 11.6 Å². The number of carbonyl (C=O) groups is 1. The molecule has 0 saturated carbocycles. The number of methoxy groups -OCH3 is 2. The Morgan fingerprint density at radius 1 is 1.12 bits per heavy atom. The van der Waals surface area contributed by atoms with Gasteiger partial charge in [-0.05, 0) is 48.0 Å². The number of ether oxygens (including phenoxy) is 2. The van der Waals surface area contributed by atoms with Crippen molar-refractivity contribution in [2.45, 2.75) is 6.42 Å². The molecule has 0 fully saturated rings. The van der Waals surface area contributed by atoms with Crippen LogP contribution >= 0.6 is 11.6 Å². The summed E-state index contributed by atoms with van der Waals surface area (Å²) in [4.78, 5) is 17.3. The minimum Gasteiger partial charge on any atom is -0.493 e. The molecule has 7 nitrogen and oxygen atoms in total. The molecule has 0 bridgehead atoms. The number of hydrogen-bond acceptors (Lipinski definition) is 5. The maximum Gasteiger partial charge on any atom is 0.277 e. The predicted octanol–water partition coefficient (Wildman–Crippen LogP) is 4.90. The number of amides is 1. The van der Waals surface area contributed by atoms with Crippen molar-refractivity contribution in [3.05, 3.63) is 82.4 Å². The molecule has 33 heavy (non-hydrogen) atoms. The lowest BCUT2D eigenvalue weighted by molar-refractivity contribution is 0.102. The third-order valence-corrected chi connectivity index (χ3v) is 5.77. The van der Waals surface area contributed by atoms with Crippen molar-refractivity contribution in [1.82, 2.24) is 14.8 Å². The molecule has 0 radical (unpaired) electrons. The lowest BCUT2D eigenvalue weighted by Gasteiger charge is -2.12. The van der Waals surface area contributed by atoms with Crippen LogP contribution in [0.4, 0.5) is 10.2 Å². The highest BCUT2D eigenvalue weighted by molar-refractivity contribution is 6.30. The molecule has 2 aromatic heterocycles. The van der Waals surface area contributed by atoms with E-state index < -0.39 is 11.7 Å². The third-order valence-electron chi connectivity index (χ3n) is 5.48. The van der Waals surface area contributed by atoms with Crippen LogP contribution in [0.3, 0.4) is 0 Å². The van der Waals surface area contributed by atoms with Crippen LogP contribution in [0.1, 0.15) is 21.6 Å². The molecule has 5 rings (SSSR count). The number of fused-ring (bicyclic) bond motifs is 3. The summed E-state index contributed by atoms with van der Waals surface area (Å²) in [6, 6.07) is 13.3. The van der Waals surface area contributed by atoms with Crippen LogP contribution in [0.25, 0.3) is 16.9 Å². The zero-order valence-electron chi connectivity index (χ0n) is 17.7. The van der Waals surface area contributed by atoms with E-state index in [1.165, 1.54) is 12.1 Å². The lowest BCUT2D eigenvalue weighted by atomic mass is 10.1. The number of aromatic nitrogens is 3. The molecule has 0 spiro atoms. The van der Waals surface area contributed by atoms with Gasteiger partial charge in [0.15, 0.2) is 17.2 Å². The Hall–Kier alpha value is -3.91. The van der Waals surface area contributed by atoms with E-state index in [4.69, 9.17) is 21.1 Å². The summed E-state index contributed by atoms with van der Waals surface area (Å²) in [7, 11) is 3.13. The molecular formula is C24H18ClFN4O3. The highest BCUT2D eigenvalue weighted by Gasteiger charge is 2.32. The molecular weight excluding hydrogens is 447 g/mol. The van der Waals surface area contributed by atoms with E-state index in [-0.39, 0.29) is 10.7 Å². The maximum absolute atomic E-state index is 13.8. The summed E-state index contributed by atoms with van der Waals surface area (Å²) < 4.78 is 26.3. The Morgan fingerprint density at radius 3 is 2.61 bits per heavy atom. The Kier molecular flexibility index (Phi) is 5.22. The van der Waals surface area contributed by atoms with E-state index in [1.54, 1.807) is 49.4 Å². The number of anilines is 1. The maximum atomic E-state index is 13.8. The first-order chi connectivity index (χ1) is 16.0. The smallest absolute Gasteiger partial charge is 0.277 e. The summed E-state index contributed by atoms with van der Waals surface area (Å²) in [5.74, 6) is 0.612. The summed E-state index contributed by atoms with van der Waals surface area (Å²) in [5.41, 5.74) is 4.00. The van der Waals surface area contributed by atoms with Crippen molar-refractivity contribution < 1.29 is 18.7 Å². The van der Waals surface area contributed by atoms with Gasteiger partial charge in [-0.2, -0.15) is 5.10 Å². The van der Waals surface area contributed by atoms with E-state index in [0.29, 0.717) is 35.1 Å². The first-order valence-corrected chi connectivity index (χ1v) is 10.4. The van der Waals surface area contributed by atoms with Gasteiger partial charge < -0.3 is 14.8 Å². The van der Waals surface area contributed by atoms with Crippen LogP contribution in [-0.2, 0) is 6.42 Å². The molecule has 1 aliphatic rings. The van der Waals surface area contributed by atoms with Gasteiger partial charge in [-0.15, -0.1) is 0 Å². The van der Waals surface area contributed by atoms with Gasteiger partial charge in [0.2, 0.25) is 0 Å². The van der Waals surface area contributed by atoms with Gasteiger partial charge in [-0.1, -0.05) is 17.7 Å². The largest absolute Gasteiger partial charge is 0.493 e. The molecule has 166 valence electrons. The predicted molar refractivity (Wildman–Crippen MR) is 122 cm³/mol. The second-order valence-corrected chi connectivity index (χ2v) is 7.80. The average Bonchev–Trinajstić information content (AvgIpc) is 3.37. The Balaban J connectivity index is 1.68. The van der Waals surface area contributed by atoms with Crippen molar-refractivity contribution in [1.29, 1.82) is 0 Å². The summed E-state index contributed by atoms with van der Waals surface area (Å²) in [5, 5.41) is 7.33. The number of halogens is 2. The SMILES string of the molecule is COc1cc2c(cc1OC)-c1c(c(C(=O)Nc3ccccn3)nn1-c1ccc(F)c(Cl)c1)C2. The summed E-state index contributed by atoms with van der Waals surface area (Å²) >= 11 is 6.04. The lowest BCUT2D eigenvalue weighted by Crippen LogP contribution is -2.15. The van der Waals surface area contributed by atoms with Crippen molar-refractivity contribution in [2.75, 3.05) is 19.5 Å². The second-order valence-electron chi connectivity index (χ2n) is 7.40. The van der Waals surface area contributed by atoms with Gasteiger partial charge in [0, 0.05) is 23.7 Å². The zero-order chi connectivity index (χ0) is 23.1. The molecule has 0 unspecified atom stereocenters. The topological polar surface area (TPSA) is 78.3 Å². The first kappa shape index (κ1) is 21.0. The number of nitrogens with zero attached hydrogens (tertiary/aromatic N) is 3. The van der Waals surface area contributed by atoms with Crippen LogP contribution in [0, 0.1) is 5.82 Å². The monoisotopic (exact) mass is 464 g/mol. The average molecular weight is 465 g/mol. The molecule has 0 saturated heterocycles. The molecule has 0 aliphatic heterocycles. The number of pyridine rings is 1. The Bertz CT molecular complexity index is 1390. The molecule has 9 heteroatoms. The van der Waals surface area contributed by atoms with Gasteiger partial charge in [0.25, 0.3) is 5.91 Å². The molecule has 1 aliphatic carbocycles. The minimum atomic E-state index is -0.538. The van der Waals surface area contributed by atoms with Crippen LogP contribution in [0.15, 0.2) is 54.7 Å². The normalized spacial score (nSPS) is 11.6. The Labute approximate surface area is 193 Å². The van der Waals surface area contributed by atoms with Gasteiger partial charge in [-0.3, -0.25) is 4.79 Å². The molecule has 0 atom stereocenters. The molecule has 1 amide bonds. The molecule has 2 aromatic carbocycles. The fourth-order valence-electron chi connectivity index (χ4n) is 3.97. The van der Waals surface area contributed by atoms with Gasteiger partial charge in [-0.25, -0.2) is 14.1 Å². The van der Waals surface area contributed by atoms with E-state index in [1.807, 2.05) is 12.1 Å². The fraction of sp³-hybridized carbons (Fsp3) is 0.125. The van der Waals surface area contributed by atoms with Crippen molar-refractivity contribution in [2.24, 2.45) is 0 Å². The van der Waals surface area contributed by atoms with Crippen LogP contribution in [-0.4, -0.2) is 34.9 Å². The van der Waals surface area contributed by atoms with E-state index in [2.05, 4.69) is 15.4 Å². The molecule has 1 N–H and O–H groups in total. The number of benzene rings is 2. The standard InChI is InChI=1S/C24H18ClFN4O3/c1-32-19-10-13-9-16-22(24(31)28-21-5-3-4-8-27-21)29-30(14-6-7-18(26)17(25)11-14)23(16)15(13)12-20(19)33-2/h3-8,10-12H,9H2,1-2H3,(H,27,28,31). The number of rotatable bonds is 5. The summed E-state index contributed by atoms with van der Waals surface area (Å²) in [6.07, 6.45) is 2.05. The second kappa shape index (κ2) is 8.22.